The summed E-state index contributed by atoms with van der Waals surface area (Å²) in [5.41, 5.74) is 0.774. The molecule has 0 radical (unpaired) electrons. The monoisotopic (exact) mass is 391 g/mol. The Hall–Kier alpha value is -2.44. The van der Waals surface area contributed by atoms with Crippen LogP contribution in [0.4, 0.5) is 4.79 Å². The van der Waals surface area contributed by atoms with Crippen LogP contribution in [0.3, 0.4) is 0 Å². The maximum absolute atomic E-state index is 12.5. The van der Waals surface area contributed by atoms with Gasteiger partial charge in [-0.1, -0.05) is 6.07 Å². The molecule has 0 spiro atoms. The van der Waals surface area contributed by atoms with Crippen LogP contribution in [0.25, 0.3) is 0 Å². The Balaban J connectivity index is 1.88. The van der Waals surface area contributed by atoms with Crippen molar-refractivity contribution in [3.05, 3.63) is 23.8 Å². The minimum atomic E-state index is -0.181. The van der Waals surface area contributed by atoms with Crippen LogP contribution in [0, 0.1) is 5.92 Å². The molecule has 1 aliphatic heterocycles. The third-order valence-corrected chi connectivity index (χ3v) is 4.85. The van der Waals surface area contributed by atoms with E-state index < -0.39 is 0 Å². The molecule has 156 valence electrons. The van der Waals surface area contributed by atoms with Gasteiger partial charge in [0.25, 0.3) is 0 Å². The first-order valence-corrected chi connectivity index (χ1v) is 9.74. The molecule has 1 N–H and O–H groups in total. The molecule has 28 heavy (non-hydrogen) atoms. The first-order valence-electron chi connectivity index (χ1n) is 9.74. The fraction of sp³-hybridized carbons (Fsp3) is 0.619. The highest BCUT2D eigenvalue weighted by Gasteiger charge is 2.36. The second kappa shape index (κ2) is 9.17. The van der Waals surface area contributed by atoms with Crippen LogP contribution in [-0.4, -0.2) is 61.1 Å². The van der Waals surface area contributed by atoms with Crippen molar-refractivity contribution in [3.8, 4) is 11.5 Å². The number of likely N-dealkylation sites (tertiary alicyclic amines) is 1. The van der Waals surface area contributed by atoms with Crippen LogP contribution in [0.15, 0.2) is 18.2 Å². The number of rotatable bonds is 7. The predicted molar refractivity (Wildman–Crippen MR) is 109 cm³/mol. The van der Waals surface area contributed by atoms with Crippen molar-refractivity contribution in [2.24, 2.45) is 5.92 Å². The van der Waals surface area contributed by atoms with Gasteiger partial charge in [0.1, 0.15) is 0 Å². The third-order valence-electron chi connectivity index (χ3n) is 4.85. The van der Waals surface area contributed by atoms with E-state index in [1.807, 2.05) is 50.8 Å². The van der Waals surface area contributed by atoms with Gasteiger partial charge < -0.3 is 24.6 Å². The molecule has 0 unspecified atom stereocenters. The highest BCUT2D eigenvalue weighted by Crippen LogP contribution is 2.28. The number of amides is 3. The normalized spacial score (nSPS) is 16.9. The summed E-state index contributed by atoms with van der Waals surface area (Å²) in [6.45, 7) is 10.2. The fourth-order valence-electron chi connectivity index (χ4n) is 3.37. The van der Waals surface area contributed by atoms with Crippen LogP contribution in [0.2, 0.25) is 0 Å². The van der Waals surface area contributed by atoms with Crippen LogP contribution in [-0.2, 0) is 11.3 Å². The number of hydrogen-bond acceptors (Lipinski definition) is 4. The minimum Gasteiger partial charge on any atom is -0.493 e. The van der Waals surface area contributed by atoms with Gasteiger partial charge in [-0.05, 0) is 45.4 Å². The molecule has 1 fully saturated rings. The summed E-state index contributed by atoms with van der Waals surface area (Å²) < 4.78 is 10.9. The van der Waals surface area contributed by atoms with Crippen molar-refractivity contribution in [2.75, 3.05) is 33.9 Å². The Bertz CT molecular complexity index is 699. The molecule has 0 bridgehead atoms. The van der Waals surface area contributed by atoms with Gasteiger partial charge in [-0.25, -0.2) is 4.79 Å². The van der Waals surface area contributed by atoms with Crippen LogP contribution >= 0.6 is 0 Å². The summed E-state index contributed by atoms with van der Waals surface area (Å²) in [6, 6.07) is 5.50. The number of urea groups is 1. The Kier molecular flexibility index (Phi) is 7.16. The molecular weight excluding hydrogens is 358 g/mol. The summed E-state index contributed by atoms with van der Waals surface area (Å²) in [5, 5.41) is 2.95. The molecule has 2 rings (SSSR count). The zero-order chi connectivity index (χ0) is 20.9. The average molecular weight is 392 g/mol. The molecule has 0 aromatic heterocycles. The van der Waals surface area contributed by atoms with E-state index in [2.05, 4.69) is 5.32 Å². The van der Waals surface area contributed by atoms with Gasteiger partial charge in [-0.3, -0.25) is 4.79 Å². The van der Waals surface area contributed by atoms with Gasteiger partial charge in [0.05, 0.1) is 13.7 Å². The first-order chi connectivity index (χ1) is 13.2. The third kappa shape index (κ3) is 5.53. The Morgan fingerprint density at radius 2 is 2.04 bits per heavy atom. The molecular formula is C21H33N3O4. The summed E-state index contributed by atoms with van der Waals surface area (Å²) in [7, 11) is 3.35. The van der Waals surface area contributed by atoms with E-state index in [0.717, 1.165) is 5.56 Å². The highest BCUT2D eigenvalue weighted by molar-refractivity contribution is 5.79. The zero-order valence-electron chi connectivity index (χ0n) is 17.9. The van der Waals surface area contributed by atoms with Crippen molar-refractivity contribution < 1.29 is 19.1 Å². The molecule has 1 atom stereocenters. The lowest BCUT2D eigenvalue weighted by Crippen LogP contribution is -2.43. The summed E-state index contributed by atoms with van der Waals surface area (Å²) >= 11 is 0. The van der Waals surface area contributed by atoms with Gasteiger partial charge in [0, 0.05) is 44.6 Å². The summed E-state index contributed by atoms with van der Waals surface area (Å²) in [5.74, 6) is 1.64. The Morgan fingerprint density at radius 1 is 1.32 bits per heavy atom. The molecule has 3 amide bonds. The molecule has 7 heteroatoms. The van der Waals surface area contributed by atoms with E-state index in [4.69, 9.17) is 9.47 Å². The number of ether oxygens (including phenoxy) is 2. The fourth-order valence-corrected chi connectivity index (χ4v) is 3.37. The number of nitrogens with one attached hydrogen (secondary N) is 1. The molecule has 1 aromatic rings. The molecule has 7 nitrogen and oxygen atoms in total. The lowest BCUT2D eigenvalue weighted by molar-refractivity contribution is -0.131. The molecule has 0 saturated carbocycles. The lowest BCUT2D eigenvalue weighted by Gasteiger charge is -2.32. The van der Waals surface area contributed by atoms with Gasteiger partial charge in [0.15, 0.2) is 11.5 Å². The van der Waals surface area contributed by atoms with Gasteiger partial charge in [-0.15, -0.1) is 0 Å². The van der Waals surface area contributed by atoms with Crippen molar-refractivity contribution in [2.45, 2.75) is 46.2 Å². The van der Waals surface area contributed by atoms with E-state index in [0.29, 0.717) is 44.2 Å². The number of nitrogens with zero attached hydrogens (tertiary/aromatic N) is 2. The van der Waals surface area contributed by atoms with Crippen LogP contribution < -0.4 is 14.8 Å². The van der Waals surface area contributed by atoms with E-state index in [1.54, 1.807) is 19.1 Å². The summed E-state index contributed by atoms with van der Waals surface area (Å²) in [6.07, 6.45) is 0.484. The second-order valence-corrected chi connectivity index (χ2v) is 8.21. The van der Waals surface area contributed by atoms with Crippen molar-refractivity contribution in [1.29, 1.82) is 0 Å². The first kappa shape index (κ1) is 21.9. The highest BCUT2D eigenvalue weighted by atomic mass is 16.5. The lowest BCUT2D eigenvalue weighted by atomic mass is 10.1. The Morgan fingerprint density at radius 3 is 2.61 bits per heavy atom. The number of hydrogen-bond donors (Lipinski definition) is 1. The van der Waals surface area contributed by atoms with E-state index in [9.17, 15) is 9.59 Å². The number of carbonyl (C=O) groups excluding carboxylic acids is 2. The van der Waals surface area contributed by atoms with Crippen molar-refractivity contribution in [3.63, 3.8) is 0 Å². The van der Waals surface area contributed by atoms with E-state index >= 15 is 0 Å². The smallest absolute Gasteiger partial charge is 0.317 e. The average Bonchev–Trinajstić information content (AvgIpc) is 3.01. The number of benzene rings is 1. The summed E-state index contributed by atoms with van der Waals surface area (Å²) in [4.78, 5) is 28.1. The maximum Gasteiger partial charge on any atom is 0.317 e. The van der Waals surface area contributed by atoms with Crippen LogP contribution in [0.5, 0.6) is 11.5 Å². The number of methoxy groups -OCH3 is 1. The molecule has 1 heterocycles. The van der Waals surface area contributed by atoms with E-state index in [-0.39, 0.29) is 23.4 Å². The topological polar surface area (TPSA) is 71.1 Å². The SMILES string of the molecule is CCOc1cc(CN(C)C(=O)NC[C@H]2CC(=O)N(C(C)(C)C)C2)ccc1OC. The van der Waals surface area contributed by atoms with Gasteiger partial charge in [-0.2, -0.15) is 0 Å². The van der Waals surface area contributed by atoms with E-state index in [1.165, 1.54) is 0 Å². The zero-order valence-corrected chi connectivity index (χ0v) is 17.9. The van der Waals surface area contributed by atoms with Gasteiger partial charge >= 0.3 is 6.03 Å². The molecule has 0 aliphatic carbocycles. The maximum atomic E-state index is 12.5. The molecule has 1 aromatic carbocycles. The molecule has 1 aliphatic rings. The predicted octanol–water partition coefficient (Wildman–Crippen LogP) is 2.88. The second-order valence-electron chi connectivity index (χ2n) is 8.21. The standard InChI is InChI=1S/C21H33N3O4/c1-7-28-18-10-15(8-9-17(18)27-6)13-23(5)20(26)22-12-16-11-19(25)24(14-16)21(2,3)4/h8-10,16H,7,11-14H2,1-6H3,(H,22,26)/t16-/m1/s1. The van der Waals surface area contributed by atoms with Crippen LogP contribution in [0.1, 0.15) is 39.7 Å². The van der Waals surface area contributed by atoms with Crippen molar-refractivity contribution >= 4 is 11.9 Å². The molecule has 1 saturated heterocycles. The van der Waals surface area contributed by atoms with Crippen molar-refractivity contribution in [1.82, 2.24) is 15.1 Å². The minimum absolute atomic E-state index is 0.148. The Labute approximate surface area is 168 Å². The largest absolute Gasteiger partial charge is 0.493 e. The number of carbonyl (C=O) groups is 2. The quantitative estimate of drug-likeness (QED) is 0.776. The van der Waals surface area contributed by atoms with Gasteiger partial charge in [0.2, 0.25) is 5.91 Å².